The quantitative estimate of drug-likeness (QED) is 0.403. The summed E-state index contributed by atoms with van der Waals surface area (Å²) in [6.07, 6.45) is 14.0. The van der Waals surface area contributed by atoms with E-state index >= 15 is 0 Å². The van der Waals surface area contributed by atoms with Crippen molar-refractivity contribution in [2.75, 3.05) is 19.6 Å². The van der Waals surface area contributed by atoms with Crippen LogP contribution in [0.5, 0.6) is 0 Å². The van der Waals surface area contributed by atoms with Crippen LogP contribution in [0.15, 0.2) is 34.9 Å². The fourth-order valence-electron chi connectivity index (χ4n) is 2.08. The Morgan fingerprint density at radius 1 is 0.857 bits per heavy atom. The minimum Gasteiger partial charge on any atom is -0.330 e. The molecule has 0 aliphatic rings. The van der Waals surface area contributed by atoms with Crippen LogP contribution >= 0.6 is 0 Å². The van der Waals surface area contributed by atoms with Gasteiger partial charge in [0.2, 0.25) is 0 Å². The lowest BCUT2D eigenvalue weighted by atomic mass is 10.1. The molecule has 0 saturated carbocycles. The Bertz CT molecular complexity index is 333. The first kappa shape index (κ1) is 20.1. The molecule has 0 aliphatic heterocycles. The molecule has 0 atom stereocenters. The predicted octanol–water partition coefficient (Wildman–Crippen LogP) is 4.73. The summed E-state index contributed by atoms with van der Waals surface area (Å²) in [6.45, 7) is 11.7. The van der Waals surface area contributed by atoms with E-state index in [1.54, 1.807) is 0 Å². The fourth-order valence-corrected chi connectivity index (χ4v) is 2.08. The molecule has 0 fully saturated rings. The maximum absolute atomic E-state index is 5.47. The van der Waals surface area contributed by atoms with Crippen LogP contribution in [0.25, 0.3) is 0 Å². The maximum atomic E-state index is 5.47. The van der Waals surface area contributed by atoms with Gasteiger partial charge in [0.1, 0.15) is 0 Å². The van der Waals surface area contributed by atoms with Crippen molar-refractivity contribution >= 4 is 0 Å². The largest absolute Gasteiger partial charge is 0.330 e. The molecule has 0 aromatic carbocycles. The van der Waals surface area contributed by atoms with Crippen LogP contribution in [0.3, 0.4) is 0 Å². The van der Waals surface area contributed by atoms with Gasteiger partial charge in [-0.3, -0.25) is 0 Å². The van der Waals surface area contributed by atoms with Crippen LogP contribution in [-0.2, 0) is 0 Å². The molecule has 0 spiro atoms. The van der Waals surface area contributed by atoms with Gasteiger partial charge in [0, 0.05) is 6.54 Å². The molecule has 3 N–H and O–H groups in total. The topological polar surface area (TPSA) is 38.0 Å². The van der Waals surface area contributed by atoms with Crippen LogP contribution in [0.2, 0.25) is 0 Å². The van der Waals surface area contributed by atoms with E-state index in [-0.39, 0.29) is 0 Å². The molecule has 0 rings (SSSR count). The molecule has 0 aromatic heterocycles. The Hall–Kier alpha value is -0.860. The summed E-state index contributed by atoms with van der Waals surface area (Å²) in [6, 6.07) is 0. The summed E-state index contributed by atoms with van der Waals surface area (Å²) in [4.78, 5) is 0. The molecule has 0 radical (unpaired) electrons. The van der Waals surface area contributed by atoms with E-state index in [9.17, 15) is 0 Å². The summed E-state index contributed by atoms with van der Waals surface area (Å²) < 4.78 is 0. The lowest BCUT2D eigenvalue weighted by Gasteiger charge is -2.03. The Labute approximate surface area is 132 Å². The highest BCUT2D eigenvalue weighted by Gasteiger charge is 1.92. The Kier molecular flexibility index (Phi) is 13.5. The highest BCUT2D eigenvalue weighted by Crippen LogP contribution is 2.11. The minimum atomic E-state index is 0.801. The number of nitrogens with two attached hydrogens (primary N) is 1. The second kappa shape index (κ2) is 14.1. The zero-order valence-electron chi connectivity index (χ0n) is 14.7. The van der Waals surface area contributed by atoms with Gasteiger partial charge in [-0.1, -0.05) is 34.9 Å². The monoisotopic (exact) mass is 292 g/mol. The summed E-state index contributed by atoms with van der Waals surface area (Å²) in [7, 11) is 0. The molecule has 0 heterocycles. The summed E-state index contributed by atoms with van der Waals surface area (Å²) >= 11 is 0. The summed E-state index contributed by atoms with van der Waals surface area (Å²) in [5.41, 5.74) is 9.88. The number of allylic oxidation sites excluding steroid dienone is 5. The zero-order chi connectivity index (χ0) is 15.9. The number of nitrogens with one attached hydrogen (secondary N) is 1. The molecule has 0 saturated heterocycles. The number of hydrogen-bond donors (Lipinski definition) is 2. The van der Waals surface area contributed by atoms with Crippen molar-refractivity contribution in [3.63, 3.8) is 0 Å². The molecule has 0 aliphatic carbocycles. The molecule has 122 valence electrons. The van der Waals surface area contributed by atoms with Crippen molar-refractivity contribution < 1.29 is 0 Å². The Morgan fingerprint density at radius 2 is 1.48 bits per heavy atom. The molecular weight excluding hydrogens is 256 g/mol. The maximum Gasteiger partial charge on any atom is 0.0137 e. The molecule has 2 heteroatoms. The van der Waals surface area contributed by atoms with Crippen molar-refractivity contribution in [2.24, 2.45) is 5.73 Å². The van der Waals surface area contributed by atoms with Gasteiger partial charge in [0.05, 0.1) is 0 Å². The minimum absolute atomic E-state index is 0.801. The van der Waals surface area contributed by atoms with Crippen LogP contribution in [0.4, 0.5) is 0 Å². The number of rotatable bonds is 12. The van der Waals surface area contributed by atoms with E-state index < -0.39 is 0 Å². The van der Waals surface area contributed by atoms with Crippen molar-refractivity contribution in [3.05, 3.63) is 34.9 Å². The first-order valence-electron chi connectivity index (χ1n) is 8.41. The average molecular weight is 293 g/mol. The van der Waals surface area contributed by atoms with E-state index in [4.69, 9.17) is 5.73 Å². The lowest BCUT2D eigenvalue weighted by molar-refractivity contribution is 0.659. The molecule has 0 bridgehead atoms. The van der Waals surface area contributed by atoms with Gasteiger partial charge in [0.25, 0.3) is 0 Å². The zero-order valence-corrected chi connectivity index (χ0v) is 14.7. The van der Waals surface area contributed by atoms with Gasteiger partial charge in [0.15, 0.2) is 0 Å². The van der Waals surface area contributed by atoms with Crippen LogP contribution in [0.1, 0.15) is 66.2 Å². The second-order valence-electron chi connectivity index (χ2n) is 6.16. The van der Waals surface area contributed by atoms with E-state index in [0.717, 1.165) is 32.5 Å². The molecule has 0 unspecified atom stereocenters. The van der Waals surface area contributed by atoms with Crippen LogP contribution < -0.4 is 11.1 Å². The van der Waals surface area contributed by atoms with Crippen molar-refractivity contribution in [1.82, 2.24) is 5.32 Å². The predicted molar refractivity (Wildman–Crippen MR) is 96.6 cm³/mol. The standard InChI is InChI=1S/C19H36N2/c1-17(2)9-7-10-18(3)11-8-12-19(4)13-16-21-15-6-5-14-20/h9,11,13,21H,5-8,10,12,14-16,20H2,1-4H3/b18-11+,19-13+. The average Bonchev–Trinajstić information content (AvgIpc) is 2.42. The smallest absolute Gasteiger partial charge is 0.0137 e. The molecule has 0 amide bonds. The number of unbranched alkanes of at least 4 members (excludes halogenated alkanes) is 1. The van der Waals surface area contributed by atoms with Gasteiger partial charge in [-0.05, 0) is 79.3 Å². The van der Waals surface area contributed by atoms with E-state index in [1.165, 1.54) is 42.4 Å². The first-order chi connectivity index (χ1) is 10.1. The van der Waals surface area contributed by atoms with Crippen LogP contribution in [-0.4, -0.2) is 19.6 Å². The molecule has 0 aromatic rings. The Morgan fingerprint density at radius 3 is 2.10 bits per heavy atom. The van der Waals surface area contributed by atoms with Crippen molar-refractivity contribution in [2.45, 2.75) is 66.2 Å². The number of hydrogen-bond acceptors (Lipinski definition) is 2. The second-order valence-corrected chi connectivity index (χ2v) is 6.16. The van der Waals surface area contributed by atoms with Crippen LogP contribution in [0, 0.1) is 0 Å². The van der Waals surface area contributed by atoms with Gasteiger partial charge < -0.3 is 11.1 Å². The SMILES string of the molecule is CC(C)=CCC/C(C)=C/CC/C(C)=C/CNCCCCN. The summed E-state index contributed by atoms with van der Waals surface area (Å²) in [5, 5.41) is 3.43. The third kappa shape index (κ3) is 15.3. The highest BCUT2D eigenvalue weighted by atomic mass is 14.8. The third-order valence-corrected chi connectivity index (χ3v) is 3.53. The molecule has 21 heavy (non-hydrogen) atoms. The third-order valence-electron chi connectivity index (χ3n) is 3.53. The van der Waals surface area contributed by atoms with E-state index in [2.05, 4.69) is 51.2 Å². The van der Waals surface area contributed by atoms with E-state index in [1.807, 2.05) is 0 Å². The molecule has 2 nitrogen and oxygen atoms in total. The first-order valence-corrected chi connectivity index (χ1v) is 8.41. The lowest BCUT2D eigenvalue weighted by Crippen LogP contribution is -2.16. The Balaban J connectivity index is 3.71. The van der Waals surface area contributed by atoms with E-state index in [0.29, 0.717) is 0 Å². The van der Waals surface area contributed by atoms with Crippen molar-refractivity contribution in [3.8, 4) is 0 Å². The highest BCUT2D eigenvalue weighted by molar-refractivity contribution is 5.05. The van der Waals surface area contributed by atoms with Gasteiger partial charge in [-0.25, -0.2) is 0 Å². The summed E-state index contributed by atoms with van der Waals surface area (Å²) in [5.74, 6) is 0. The molecular formula is C19H36N2. The van der Waals surface area contributed by atoms with Gasteiger partial charge in [-0.15, -0.1) is 0 Å². The van der Waals surface area contributed by atoms with Gasteiger partial charge in [-0.2, -0.15) is 0 Å². The van der Waals surface area contributed by atoms with Gasteiger partial charge >= 0.3 is 0 Å². The van der Waals surface area contributed by atoms with Crippen molar-refractivity contribution in [1.29, 1.82) is 0 Å². The fraction of sp³-hybridized carbons (Fsp3) is 0.684. The normalized spacial score (nSPS) is 12.6.